The van der Waals surface area contributed by atoms with Crippen molar-refractivity contribution in [3.05, 3.63) is 80.6 Å². The average Bonchev–Trinajstić information content (AvgIpc) is 3.27. The summed E-state index contributed by atoms with van der Waals surface area (Å²) in [6.45, 7) is 0. The second-order valence-electron chi connectivity index (χ2n) is 6.70. The molecule has 0 saturated heterocycles. The number of fused-ring (bicyclic) bond motifs is 2. The van der Waals surface area contributed by atoms with E-state index in [1.165, 1.54) is 24.0 Å². The van der Waals surface area contributed by atoms with Crippen LogP contribution in [0.15, 0.2) is 54.6 Å². The number of benzene rings is 1. The Morgan fingerprint density at radius 3 is 2.50 bits per heavy atom. The molecule has 1 aromatic rings. The fourth-order valence-corrected chi connectivity index (χ4v) is 4.98. The van der Waals surface area contributed by atoms with E-state index in [2.05, 4.69) is 60.7 Å². The Kier molecular flexibility index (Phi) is 13.1. The summed E-state index contributed by atoms with van der Waals surface area (Å²) in [6.07, 6.45) is 18.3. The van der Waals surface area contributed by atoms with Gasteiger partial charge in [-0.05, 0) is 29.9 Å². The van der Waals surface area contributed by atoms with Crippen LogP contribution in [-0.4, -0.2) is 28.1 Å². The van der Waals surface area contributed by atoms with E-state index in [1.807, 2.05) is 0 Å². The Morgan fingerprint density at radius 1 is 0.964 bits per heavy atom. The van der Waals surface area contributed by atoms with Crippen molar-refractivity contribution in [2.24, 2.45) is 11.8 Å². The molecular formula is C22H30Cl2O2SiZr. The molecule has 2 nitrogen and oxygen atoms in total. The first-order chi connectivity index (χ1) is 12.8. The van der Waals surface area contributed by atoms with Crippen LogP contribution in [0.1, 0.15) is 30.1 Å². The fraction of sp³-hybridized carbons (Fsp3) is 0.364. The predicted octanol–water partition coefficient (Wildman–Crippen LogP) is 5.67. The number of hydrogen-bond acceptors (Lipinski definition) is 2. The molecule has 0 heterocycles. The summed E-state index contributed by atoms with van der Waals surface area (Å²) < 4.78 is 12.3. The zero-order valence-electron chi connectivity index (χ0n) is 16.7. The first kappa shape index (κ1) is 26.1. The standard InChI is InChI=1S/C20H24O2Si.2CH3.2ClH.Zr/c1-3-7-17-15(5-1)9-11-19(17)21-13-23-14-22-20-12-10-16-6-2-4-8-18(16)20;;;;;/h1-9,11,16,18-20H,10,12-14,23H2;2*1H3;2*1H;/q;2*-1;;;+4/p-2. The molecule has 152 valence electrons. The summed E-state index contributed by atoms with van der Waals surface area (Å²) in [6, 6.07) is 8.49. The zero-order valence-corrected chi connectivity index (χ0v) is 22.1. The van der Waals surface area contributed by atoms with Gasteiger partial charge >= 0.3 is 37.9 Å². The van der Waals surface area contributed by atoms with Crippen LogP contribution in [0.3, 0.4) is 0 Å². The first-order valence-electron chi connectivity index (χ1n) is 9.15. The van der Waals surface area contributed by atoms with Gasteiger partial charge in [0.05, 0.1) is 15.6 Å². The maximum absolute atomic E-state index is 6.19. The van der Waals surface area contributed by atoms with Crippen LogP contribution < -0.4 is 0 Å². The van der Waals surface area contributed by atoms with Gasteiger partial charge in [-0.1, -0.05) is 60.7 Å². The monoisotopic (exact) mass is 514 g/mol. The van der Waals surface area contributed by atoms with Crippen LogP contribution >= 0.6 is 17.0 Å². The van der Waals surface area contributed by atoms with Gasteiger partial charge in [0.2, 0.25) is 0 Å². The summed E-state index contributed by atoms with van der Waals surface area (Å²) in [4.78, 5) is 0. The van der Waals surface area contributed by atoms with E-state index in [1.54, 1.807) is 0 Å². The summed E-state index contributed by atoms with van der Waals surface area (Å²) in [5, 5.41) is 0. The van der Waals surface area contributed by atoms with Crippen LogP contribution in [-0.2, 0) is 30.3 Å². The Labute approximate surface area is 191 Å². The van der Waals surface area contributed by atoms with Crippen molar-refractivity contribution >= 4 is 32.6 Å². The quantitative estimate of drug-likeness (QED) is 0.276. The minimum atomic E-state index is -0.826. The van der Waals surface area contributed by atoms with Crippen molar-refractivity contribution in [1.82, 2.24) is 0 Å². The molecule has 0 amide bonds. The minimum absolute atomic E-state index is 0. The van der Waals surface area contributed by atoms with E-state index in [-0.39, 0.29) is 30.5 Å². The second-order valence-corrected chi connectivity index (χ2v) is 12.0. The maximum atomic E-state index is 6.19. The zero-order chi connectivity index (χ0) is 18.2. The molecule has 4 unspecified atom stereocenters. The van der Waals surface area contributed by atoms with E-state index in [4.69, 9.17) is 26.5 Å². The molecule has 0 bridgehead atoms. The third kappa shape index (κ3) is 7.07. The summed E-state index contributed by atoms with van der Waals surface area (Å²) in [5.74, 6) is 1.32. The van der Waals surface area contributed by atoms with Gasteiger partial charge in [-0.15, -0.1) is 0 Å². The molecule has 4 rings (SSSR count). The van der Waals surface area contributed by atoms with Crippen LogP contribution in [0, 0.1) is 26.7 Å². The molecule has 0 aromatic heterocycles. The van der Waals surface area contributed by atoms with E-state index in [0.29, 0.717) is 17.9 Å². The van der Waals surface area contributed by atoms with Crippen molar-refractivity contribution < 1.29 is 30.3 Å². The molecule has 6 heteroatoms. The van der Waals surface area contributed by atoms with Gasteiger partial charge in [-0.3, -0.25) is 0 Å². The van der Waals surface area contributed by atoms with E-state index < -0.39 is 20.8 Å². The molecular weight excluding hydrogens is 486 g/mol. The number of allylic oxidation sites excluding steroid dienone is 3. The SMILES string of the molecule is C1=CC2CCC(OC[SiH2]COC3C=Cc4ccccc43)C2C=C1.[CH3-].[CH3-].[Cl][Zr+2][Cl]. The van der Waals surface area contributed by atoms with E-state index in [9.17, 15) is 0 Å². The topological polar surface area (TPSA) is 18.5 Å². The molecule has 3 aliphatic carbocycles. The van der Waals surface area contributed by atoms with Gasteiger partial charge in [0, 0.05) is 18.4 Å². The van der Waals surface area contributed by atoms with E-state index in [0.717, 1.165) is 12.5 Å². The van der Waals surface area contributed by atoms with Crippen LogP contribution in [0.2, 0.25) is 0 Å². The summed E-state index contributed by atoms with van der Waals surface area (Å²) in [5.41, 5.74) is 2.60. The molecule has 0 radical (unpaired) electrons. The number of rotatable bonds is 6. The molecule has 4 atom stereocenters. The first-order valence-corrected chi connectivity index (χ1v) is 17.5. The van der Waals surface area contributed by atoms with Gasteiger partial charge in [-0.2, -0.15) is 0 Å². The van der Waals surface area contributed by atoms with Crippen LogP contribution in [0.5, 0.6) is 0 Å². The van der Waals surface area contributed by atoms with Crippen molar-refractivity contribution in [1.29, 1.82) is 0 Å². The Morgan fingerprint density at radius 2 is 1.68 bits per heavy atom. The number of hydrogen-bond donors (Lipinski definition) is 0. The Hall–Kier alpha value is 0.0400. The summed E-state index contributed by atoms with van der Waals surface area (Å²) >= 11 is -0.826. The van der Waals surface area contributed by atoms with Gasteiger partial charge in [0.1, 0.15) is 6.10 Å². The molecule has 0 spiro atoms. The van der Waals surface area contributed by atoms with Gasteiger partial charge in [0.15, 0.2) is 0 Å². The third-order valence-electron chi connectivity index (χ3n) is 5.18. The van der Waals surface area contributed by atoms with Crippen molar-refractivity contribution in [3.63, 3.8) is 0 Å². The molecule has 1 fully saturated rings. The van der Waals surface area contributed by atoms with Gasteiger partial charge < -0.3 is 24.3 Å². The van der Waals surface area contributed by atoms with Crippen molar-refractivity contribution in [3.8, 4) is 0 Å². The molecule has 0 N–H and O–H groups in total. The molecule has 0 aliphatic heterocycles. The molecule has 3 aliphatic rings. The van der Waals surface area contributed by atoms with Gasteiger partial charge in [0.25, 0.3) is 0 Å². The van der Waals surface area contributed by atoms with Crippen LogP contribution in [0.4, 0.5) is 0 Å². The van der Waals surface area contributed by atoms with Gasteiger partial charge in [-0.25, -0.2) is 0 Å². The Bertz CT molecular complexity index is 666. The molecule has 28 heavy (non-hydrogen) atoms. The average molecular weight is 517 g/mol. The predicted molar refractivity (Wildman–Crippen MR) is 121 cm³/mol. The second kappa shape index (κ2) is 14.1. The number of ether oxygens (including phenoxy) is 2. The van der Waals surface area contributed by atoms with Crippen molar-refractivity contribution in [2.75, 3.05) is 12.5 Å². The van der Waals surface area contributed by atoms with E-state index >= 15 is 0 Å². The summed E-state index contributed by atoms with van der Waals surface area (Å²) in [7, 11) is 9.56. The molecule has 1 aromatic carbocycles. The normalized spacial score (nSPS) is 25.9. The Balaban J connectivity index is 0.000000739. The fourth-order valence-electron chi connectivity index (χ4n) is 3.97. The molecule has 1 saturated carbocycles. The van der Waals surface area contributed by atoms with Crippen LogP contribution in [0.25, 0.3) is 6.08 Å². The number of halogens is 2. The van der Waals surface area contributed by atoms with Crippen molar-refractivity contribution in [2.45, 2.75) is 25.0 Å². The third-order valence-corrected chi connectivity index (χ3v) is 6.23.